The Morgan fingerprint density at radius 3 is 2.53 bits per heavy atom. The number of carbonyl (C=O) groups is 1. The molecule has 1 aliphatic rings. The number of benzene rings is 1. The van der Waals surface area contributed by atoms with Crippen LogP contribution in [0.1, 0.15) is 25.7 Å². The molecule has 2 N–H and O–H groups in total. The van der Waals surface area contributed by atoms with Crippen molar-refractivity contribution in [3.8, 4) is 0 Å². The van der Waals surface area contributed by atoms with Crippen LogP contribution in [-0.2, 0) is 4.79 Å². The first kappa shape index (κ1) is 14.6. The largest absolute Gasteiger partial charge is 0.322 e. The minimum atomic E-state index is -0.122. The van der Waals surface area contributed by atoms with Crippen LogP contribution in [0.25, 0.3) is 0 Å². The smallest absolute Gasteiger partial charge is 0.238 e. The van der Waals surface area contributed by atoms with Gasteiger partial charge in [-0.2, -0.15) is 0 Å². The molecule has 2 rings (SSSR count). The van der Waals surface area contributed by atoms with E-state index < -0.39 is 0 Å². The molecule has 0 heterocycles. The summed E-state index contributed by atoms with van der Waals surface area (Å²) < 4.78 is 0. The molecule has 1 amide bonds. The second-order valence-electron chi connectivity index (χ2n) is 4.91. The molecular weight excluding hydrogens is 283 g/mol. The summed E-state index contributed by atoms with van der Waals surface area (Å²) in [6.45, 7) is 1.17. The SMILES string of the molecule is O=C(CNCCC1CCC1)Nc1c(Cl)cccc1Cl. The average molecular weight is 301 g/mol. The van der Waals surface area contributed by atoms with Crippen LogP contribution in [0.15, 0.2) is 18.2 Å². The van der Waals surface area contributed by atoms with Crippen molar-refractivity contribution in [1.82, 2.24) is 5.32 Å². The molecule has 19 heavy (non-hydrogen) atoms. The maximum atomic E-state index is 11.8. The van der Waals surface area contributed by atoms with Crippen LogP contribution < -0.4 is 10.6 Å². The van der Waals surface area contributed by atoms with E-state index in [1.54, 1.807) is 18.2 Å². The molecule has 0 radical (unpaired) electrons. The Kier molecular flexibility index (Phi) is 5.49. The lowest BCUT2D eigenvalue weighted by molar-refractivity contribution is -0.115. The van der Waals surface area contributed by atoms with Crippen LogP contribution in [0.2, 0.25) is 10.0 Å². The van der Waals surface area contributed by atoms with Gasteiger partial charge in [-0.05, 0) is 31.0 Å². The summed E-state index contributed by atoms with van der Waals surface area (Å²) in [5.74, 6) is 0.734. The molecule has 0 unspecified atom stereocenters. The maximum Gasteiger partial charge on any atom is 0.238 e. The van der Waals surface area contributed by atoms with E-state index in [-0.39, 0.29) is 12.5 Å². The minimum absolute atomic E-state index is 0.122. The monoisotopic (exact) mass is 300 g/mol. The van der Waals surface area contributed by atoms with Gasteiger partial charge in [0.05, 0.1) is 22.3 Å². The first-order chi connectivity index (χ1) is 9.16. The van der Waals surface area contributed by atoms with Crippen molar-refractivity contribution in [2.24, 2.45) is 5.92 Å². The number of para-hydroxylation sites is 1. The van der Waals surface area contributed by atoms with Gasteiger partial charge in [0, 0.05) is 0 Å². The van der Waals surface area contributed by atoms with Gasteiger partial charge in [-0.15, -0.1) is 0 Å². The predicted molar refractivity (Wildman–Crippen MR) is 79.9 cm³/mol. The molecule has 1 aliphatic carbocycles. The quantitative estimate of drug-likeness (QED) is 0.786. The van der Waals surface area contributed by atoms with Gasteiger partial charge in [0.2, 0.25) is 5.91 Å². The zero-order valence-corrected chi connectivity index (χ0v) is 12.2. The topological polar surface area (TPSA) is 41.1 Å². The van der Waals surface area contributed by atoms with Crippen LogP contribution in [0, 0.1) is 5.92 Å². The fourth-order valence-corrected chi connectivity index (χ4v) is 2.58. The zero-order valence-electron chi connectivity index (χ0n) is 10.7. The molecule has 0 aromatic heterocycles. The molecule has 0 saturated heterocycles. The summed E-state index contributed by atoms with van der Waals surface area (Å²) >= 11 is 12.0. The third kappa shape index (κ3) is 4.37. The van der Waals surface area contributed by atoms with Crippen molar-refractivity contribution >= 4 is 34.8 Å². The van der Waals surface area contributed by atoms with E-state index in [0.717, 1.165) is 18.9 Å². The van der Waals surface area contributed by atoms with E-state index in [1.807, 2.05) is 0 Å². The Morgan fingerprint density at radius 1 is 1.26 bits per heavy atom. The van der Waals surface area contributed by atoms with Gasteiger partial charge < -0.3 is 10.6 Å². The summed E-state index contributed by atoms with van der Waals surface area (Å²) in [7, 11) is 0. The van der Waals surface area contributed by atoms with Crippen molar-refractivity contribution in [3.63, 3.8) is 0 Å². The summed E-state index contributed by atoms with van der Waals surface area (Å²) in [6, 6.07) is 5.15. The molecule has 1 fully saturated rings. The molecule has 0 spiro atoms. The van der Waals surface area contributed by atoms with Crippen molar-refractivity contribution in [3.05, 3.63) is 28.2 Å². The van der Waals surface area contributed by atoms with Crippen molar-refractivity contribution in [2.75, 3.05) is 18.4 Å². The highest BCUT2D eigenvalue weighted by Crippen LogP contribution is 2.30. The number of amides is 1. The zero-order chi connectivity index (χ0) is 13.7. The highest BCUT2D eigenvalue weighted by molar-refractivity contribution is 6.39. The Morgan fingerprint density at radius 2 is 1.95 bits per heavy atom. The average Bonchev–Trinajstić information content (AvgIpc) is 2.31. The van der Waals surface area contributed by atoms with Gasteiger partial charge >= 0.3 is 0 Å². The van der Waals surface area contributed by atoms with Gasteiger partial charge in [0.1, 0.15) is 0 Å². The van der Waals surface area contributed by atoms with Gasteiger partial charge in [-0.1, -0.05) is 48.5 Å². The van der Waals surface area contributed by atoms with Gasteiger partial charge in [-0.3, -0.25) is 4.79 Å². The van der Waals surface area contributed by atoms with Gasteiger partial charge in [-0.25, -0.2) is 0 Å². The molecule has 0 aliphatic heterocycles. The standard InChI is InChI=1S/C14H18Cl2N2O/c15-11-5-2-6-12(16)14(11)18-13(19)9-17-8-7-10-3-1-4-10/h2,5-6,10,17H,1,3-4,7-9H2,(H,18,19). The van der Waals surface area contributed by atoms with E-state index >= 15 is 0 Å². The third-order valence-corrected chi connectivity index (χ3v) is 4.10. The Labute approximate surface area is 123 Å². The lowest BCUT2D eigenvalue weighted by atomic mass is 9.83. The first-order valence-corrected chi connectivity index (χ1v) is 7.37. The summed E-state index contributed by atoms with van der Waals surface area (Å²) in [4.78, 5) is 11.8. The van der Waals surface area contributed by atoms with Crippen molar-refractivity contribution in [1.29, 1.82) is 0 Å². The predicted octanol–water partition coefficient (Wildman–Crippen LogP) is 3.71. The summed E-state index contributed by atoms with van der Waals surface area (Å²) in [6.07, 6.45) is 5.18. The van der Waals surface area contributed by atoms with Gasteiger partial charge in [0.25, 0.3) is 0 Å². The van der Waals surface area contributed by atoms with E-state index in [4.69, 9.17) is 23.2 Å². The normalized spacial score (nSPS) is 15.1. The van der Waals surface area contributed by atoms with Crippen LogP contribution in [0.3, 0.4) is 0 Å². The van der Waals surface area contributed by atoms with Crippen molar-refractivity contribution < 1.29 is 4.79 Å². The Balaban J connectivity index is 1.71. The minimum Gasteiger partial charge on any atom is -0.322 e. The summed E-state index contributed by atoms with van der Waals surface area (Å²) in [5.41, 5.74) is 0.483. The molecule has 1 aromatic carbocycles. The number of halogens is 2. The number of nitrogens with one attached hydrogen (secondary N) is 2. The number of carbonyl (C=O) groups excluding carboxylic acids is 1. The Hall–Kier alpha value is -0.770. The lowest BCUT2D eigenvalue weighted by Crippen LogP contribution is -2.30. The second kappa shape index (κ2) is 7.13. The van der Waals surface area contributed by atoms with Crippen molar-refractivity contribution in [2.45, 2.75) is 25.7 Å². The van der Waals surface area contributed by atoms with E-state index in [9.17, 15) is 4.79 Å². The molecule has 0 atom stereocenters. The number of hydrogen-bond donors (Lipinski definition) is 2. The fourth-order valence-electron chi connectivity index (χ4n) is 2.09. The van der Waals surface area contributed by atoms with Crippen LogP contribution >= 0.6 is 23.2 Å². The van der Waals surface area contributed by atoms with Gasteiger partial charge in [0.15, 0.2) is 0 Å². The summed E-state index contributed by atoms with van der Waals surface area (Å²) in [5, 5.41) is 6.78. The highest BCUT2D eigenvalue weighted by Gasteiger charge is 2.16. The van der Waals surface area contributed by atoms with E-state index in [2.05, 4.69) is 10.6 Å². The molecule has 3 nitrogen and oxygen atoms in total. The number of rotatable bonds is 6. The molecule has 0 bridgehead atoms. The Bertz CT molecular complexity index is 427. The van der Waals surface area contributed by atoms with Crippen LogP contribution in [-0.4, -0.2) is 19.0 Å². The van der Waals surface area contributed by atoms with E-state index in [0.29, 0.717) is 15.7 Å². The van der Waals surface area contributed by atoms with E-state index in [1.165, 1.54) is 19.3 Å². The number of hydrogen-bond acceptors (Lipinski definition) is 2. The van der Waals surface area contributed by atoms with Crippen LogP contribution in [0.4, 0.5) is 5.69 Å². The highest BCUT2D eigenvalue weighted by atomic mass is 35.5. The first-order valence-electron chi connectivity index (χ1n) is 6.61. The molecule has 1 aromatic rings. The molecule has 1 saturated carbocycles. The van der Waals surface area contributed by atoms with Crippen LogP contribution in [0.5, 0.6) is 0 Å². The number of anilines is 1. The fraction of sp³-hybridized carbons (Fsp3) is 0.500. The maximum absolute atomic E-state index is 11.8. The molecule has 104 valence electrons. The lowest BCUT2D eigenvalue weighted by Gasteiger charge is -2.25. The molecule has 5 heteroatoms. The third-order valence-electron chi connectivity index (χ3n) is 3.47. The second-order valence-corrected chi connectivity index (χ2v) is 5.72. The molecular formula is C14H18Cl2N2O.